The van der Waals surface area contributed by atoms with Gasteiger partial charge in [-0.1, -0.05) is 30.3 Å². The summed E-state index contributed by atoms with van der Waals surface area (Å²) in [6.45, 7) is 1.63. The minimum Gasteiger partial charge on any atom is -0.467 e. The number of hydrogen-bond donors (Lipinski definition) is 1. The normalized spacial score (nSPS) is 17.6. The summed E-state index contributed by atoms with van der Waals surface area (Å²) >= 11 is 0. The molecule has 1 aliphatic rings. The molecular formula is C14H19ClN2O4. The molecule has 0 bridgehead atoms. The Kier molecular flexibility index (Phi) is 6.98. The van der Waals surface area contributed by atoms with E-state index in [0.29, 0.717) is 19.6 Å². The van der Waals surface area contributed by atoms with Crippen LogP contribution in [0.4, 0.5) is 4.79 Å². The van der Waals surface area contributed by atoms with Crippen LogP contribution in [-0.4, -0.2) is 49.7 Å². The summed E-state index contributed by atoms with van der Waals surface area (Å²) in [7, 11) is 1.31. The van der Waals surface area contributed by atoms with Gasteiger partial charge in [-0.05, 0) is 5.56 Å². The van der Waals surface area contributed by atoms with Crippen molar-refractivity contribution in [3.8, 4) is 0 Å². The van der Waals surface area contributed by atoms with E-state index in [2.05, 4.69) is 5.32 Å². The van der Waals surface area contributed by atoms with Gasteiger partial charge in [0.2, 0.25) is 0 Å². The highest BCUT2D eigenvalue weighted by molar-refractivity contribution is 5.85. The van der Waals surface area contributed by atoms with E-state index in [1.807, 2.05) is 30.3 Å². The molecule has 116 valence electrons. The molecule has 0 aromatic heterocycles. The molecule has 7 heteroatoms. The molecule has 21 heavy (non-hydrogen) atoms. The minimum absolute atomic E-state index is 0. The number of piperazine rings is 1. The minimum atomic E-state index is -0.628. The highest BCUT2D eigenvalue weighted by Gasteiger charge is 2.33. The molecule has 1 atom stereocenters. The van der Waals surface area contributed by atoms with Crippen molar-refractivity contribution in [3.63, 3.8) is 0 Å². The van der Waals surface area contributed by atoms with Crippen LogP contribution in [0.25, 0.3) is 0 Å². The monoisotopic (exact) mass is 314 g/mol. The molecule has 1 aromatic rings. The number of nitrogens with one attached hydrogen (secondary N) is 1. The number of ether oxygens (including phenoxy) is 2. The summed E-state index contributed by atoms with van der Waals surface area (Å²) in [6.07, 6.45) is -0.495. The lowest BCUT2D eigenvalue weighted by atomic mass is 10.2. The Balaban J connectivity index is 0.00000220. The first kappa shape index (κ1) is 17.3. The lowest BCUT2D eigenvalue weighted by molar-refractivity contribution is -0.147. The van der Waals surface area contributed by atoms with Crippen molar-refractivity contribution < 1.29 is 19.1 Å². The SMILES string of the molecule is COC(=O)[C@H]1CNCCN1C(=O)OCc1ccccc1.Cl. The Labute approximate surface area is 129 Å². The number of hydrogen-bond acceptors (Lipinski definition) is 5. The van der Waals surface area contributed by atoms with Crippen molar-refractivity contribution in [1.29, 1.82) is 0 Å². The Morgan fingerprint density at radius 1 is 1.33 bits per heavy atom. The quantitative estimate of drug-likeness (QED) is 0.849. The summed E-state index contributed by atoms with van der Waals surface area (Å²) < 4.78 is 9.95. The van der Waals surface area contributed by atoms with Gasteiger partial charge in [0.1, 0.15) is 12.6 Å². The highest BCUT2D eigenvalue weighted by Crippen LogP contribution is 2.09. The molecule has 1 heterocycles. The van der Waals surface area contributed by atoms with E-state index in [1.54, 1.807) is 0 Å². The number of halogens is 1. The van der Waals surface area contributed by atoms with Gasteiger partial charge in [0, 0.05) is 19.6 Å². The number of carbonyl (C=O) groups excluding carboxylic acids is 2. The Bertz CT molecular complexity index is 469. The van der Waals surface area contributed by atoms with Gasteiger partial charge in [-0.25, -0.2) is 9.59 Å². The van der Waals surface area contributed by atoms with E-state index >= 15 is 0 Å². The molecule has 0 aliphatic carbocycles. The van der Waals surface area contributed by atoms with Crippen molar-refractivity contribution in [2.24, 2.45) is 0 Å². The second kappa shape index (κ2) is 8.49. The number of esters is 1. The average molecular weight is 315 g/mol. The standard InChI is InChI=1S/C14H18N2O4.ClH/c1-19-13(17)12-9-15-7-8-16(12)14(18)20-10-11-5-3-2-4-6-11;/h2-6,12,15H,7-10H2,1H3;1H/t12-;/m1./s1. The zero-order chi connectivity index (χ0) is 14.4. The number of benzene rings is 1. The van der Waals surface area contributed by atoms with Crippen LogP contribution in [0.3, 0.4) is 0 Å². The molecule has 0 spiro atoms. The molecule has 1 N–H and O–H groups in total. The van der Waals surface area contributed by atoms with Crippen LogP contribution in [0, 0.1) is 0 Å². The zero-order valence-electron chi connectivity index (χ0n) is 11.8. The third-order valence-electron chi connectivity index (χ3n) is 3.16. The maximum absolute atomic E-state index is 12.1. The largest absolute Gasteiger partial charge is 0.467 e. The fraction of sp³-hybridized carbons (Fsp3) is 0.429. The van der Waals surface area contributed by atoms with Gasteiger partial charge >= 0.3 is 12.1 Å². The fourth-order valence-electron chi connectivity index (χ4n) is 2.07. The van der Waals surface area contributed by atoms with E-state index in [-0.39, 0.29) is 19.0 Å². The van der Waals surface area contributed by atoms with E-state index < -0.39 is 18.1 Å². The molecule has 1 saturated heterocycles. The van der Waals surface area contributed by atoms with Gasteiger partial charge < -0.3 is 14.8 Å². The lowest BCUT2D eigenvalue weighted by Crippen LogP contribution is -2.57. The molecular weight excluding hydrogens is 296 g/mol. The Hall–Kier alpha value is -1.79. The predicted molar refractivity (Wildman–Crippen MR) is 79.3 cm³/mol. The number of methoxy groups -OCH3 is 1. The van der Waals surface area contributed by atoms with Crippen LogP contribution in [-0.2, 0) is 20.9 Å². The summed E-state index contributed by atoms with van der Waals surface area (Å²) in [6, 6.07) is 8.79. The topological polar surface area (TPSA) is 67.9 Å². The second-order valence-electron chi connectivity index (χ2n) is 4.48. The Morgan fingerprint density at radius 2 is 2.05 bits per heavy atom. The smallest absolute Gasteiger partial charge is 0.410 e. The molecule has 1 aliphatic heterocycles. The van der Waals surface area contributed by atoms with Crippen molar-refractivity contribution in [3.05, 3.63) is 35.9 Å². The summed E-state index contributed by atoms with van der Waals surface area (Å²) in [4.78, 5) is 25.1. The first-order chi connectivity index (χ1) is 9.72. The maximum atomic E-state index is 12.1. The first-order valence-electron chi connectivity index (χ1n) is 6.48. The molecule has 1 fully saturated rings. The third kappa shape index (κ3) is 4.61. The molecule has 1 aromatic carbocycles. The van der Waals surface area contributed by atoms with E-state index in [4.69, 9.17) is 9.47 Å². The van der Waals surface area contributed by atoms with Gasteiger partial charge in [0.25, 0.3) is 0 Å². The van der Waals surface area contributed by atoms with Gasteiger partial charge in [-0.15, -0.1) is 12.4 Å². The third-order valence-corrected chi connectivity index (χ3v) is 3.16. The summed E-state index contributed by atoms with van der Waals surface area (Å²) in [5.41, 5.74) is 0.908. The van der Waals surface area contributed by atoms with E-state index in [9.17, 15) is 9.59 Å². The van der Waals surface area contributed by atoms with Crippen LogP contribution in [0.5, 0.6) is 0 Å². The number of amides is 1. The number of nitrogens with zero attached hydrogens (tertiary/aromatic N) is 1. The fourth-order valence-corrected chi connectivity index (χ4v) is 2.07. The van der Waals surface area contributed by atoms with E-state index in [0.717, 1.165) is 5.56 Å². The Morgan fingerprint density at radius 3 is 2.71 bits per heavy atom. The average Bonchev–Trinajstić information content (AvgIpc) is 2.52. The molecule has 0 saturated carbocycles. The highest BCUT2D eigenvalue weighted by atomic mass is 35.5. The molecule has 2 rings (SSSR count). The van der Waals surface area contributed by atoms with Crippen LogP contribution in [0.15, 0.2) is 30.3 Å². The van der Waals surface area contributed by atoms with Crippen LogP contribution >= 0.6 is 12.4 Å². The van der Waals surface area contributed by atoms with E-state index in [1.165, 1.54) is 12.0 Å². The van der Waals surface area contributed by atoms with Gasteiger partial charge in [0.05, 0.1) is 7.11 Å². The van der Waals surface area contributed by atoms with Gasteiger partial charge in [-0.3, -0.25) is 4.90 Å². The van der Waals surface area contributed by atoms with Crippen LogP contribution in [0.1, 0.15) is 5.56 Å². The lowest BCUT2D eigenvalue weighted by Gasteiger charge is -2.33. The van der Waals surface area contributed by atoms with Crippen molar-refractivity contribution in [1.82, 2.24) is 10.2 Å². The van der Waals surface area contributed by atoms with Crippen LogP contribution in [0.2, 0.25) is 0 Å². The summed E-state index contributed by atoms with van der Waals surface area (Å²) in [5.74, 6) is -0.436. The number of carbonyl (C=O) groups is 2. The number of rotatable bonds is 3. The second-order valence-corrected chi connectivity index (χ2v) is 4.48. The first-order valence-corrected chi connectivity index (χ1v) is 6.48. The maximum Gasteiger partial charge on any atom is 0.410 e. The molecule has 1 amide bonds. The van der Waals surface area contributed by atoms with Crippen molar-refractivity contribution in [2.45, 2.75) is 12.6 Å². The van der Waals surface area contributed by atoms with Crippen molar-refractivity contribution in [2.75, 3.05) is 26.7 Å². The van der Waals surface area contributed by atoms with Gasteiger partial charge in [-0.2, -0.15) is 0 Å². The molecule has 6 nitrogen and oxygen atoms in total. The zero-order valence-corrected chi connectivity index (χ0v) is 12.6. The van der Waals surface area contributed by atoms with Crippen molar-refractivity contribution >= 4 is 24.5 Å². The van der Waals surface area contributed by atoms with Gasteiger partial charge in [0.15, 0.2) is 0 Å². The molecule has 0 radical (unpaired) electrons. The predicted octanol–water partition coefficient (Wildman–Crippen LogP) is 1.19. The molecule has 0 unspecified atom stereocenters. The summed E-state index contributed by atoms with van der Waals surface area (Å²) in [5, 5.41) is 3.06. The van der Waals surface area contributed by atoms with Crippen LogP contribution < -0.4 is 5.32 Å².